The van der Waals surface area contributed by atoms with Gasteiger partial charge in [0.2, 0.25) is 11.8 Å². The molecule has 0 spiro atoms. The molecule has 0 bridgehead atoms. The van der Waals surface area contributed by atoms with Gasteiger partial charge < -0.3 is 24.5 Å². The largest absolute Gasteiger partial charge is 0.524 e. The molecule has 2 heterocycles. The molecule has 0 radical (unpaired) electrons. The summed E-state index contributed by atoms with van der Waals surface area (Å²) in [4.78, 5) is 65.4. The summed E-state index contributed by atoms with van der Waals surface area (Å²) in [6.07, 6.45) is 0.849. The van der Waals surface area contributed by atoms with Gasteiger partial charge in [-0.05, 0) is 41.0 Å². The molecule has 0 unspecified atom stereocenters. The summed E-state index contributed by atoms with van der Waals surface area (Å²) in [5, 5.41) is 6.66. The molecule has 2 fully saturated rings. The second-order valence-electron chi connectivity index (χ2n) is 11.8. The Balaban J connectivity index is 1.50. The average Bonchev–Trinajstić information content (AvgIpc) is 3.03. The molecule has 2 aliphatic heterocycles. The fraction of sp³-hybridized carbons (Fsp3) is 0.303. The van der Waals surface area contributed by atoms with E-state index < -0.39 is 26.1 Å². The summed E-state index contributed by atoms with van der Waals surface area (Å²) in [5.41, 5.74) is 3.11. The molecule has 3 N–H and O–H groups in total. The summed E-state index contributed by atoms with van der Waals surface area (Å²) in [5.74, 6) is -0.676. The van der Waals surface area contributed by atoms with Crippen LogP contribution < -0.4 is 14.7 Å². The third-order valence-corrected chi connectivity index (χ3v) is 8.88. The van der Waals surface area contributed by atoms with E-state index in [-0.39, 0.29) is 56.7 Å². The minimum atomic E-state index is -4.76. The number of nitrogens with zero attached hydrogens (tertiary/aromatic N) is 5. The minimum Gasteiger partial charge on any atom is -0.404 e. The number of rotatable bonds is 11. The SMILES string of the molecule is C=CCN1CC(=O)N2[C@H](Cc3ccc(OP(=O)(O)O)cc3)C(=O)N(Cc3ccc(Cl)c(N(C)C)c3)C[C@@H]2N1C(=O)NCc1ccccc1. The van der Waals surface area contributed by atoms with E-state index in [2.05, 4.69) is 16.4 Å². The molecule has 0 aromatic heterocycles. The van der Waals surface area contributed by atoms with Gasteiger partial charge in [-0.3, -0.25) is 19.4 Å². The van der Waals surface area contributed by atoms with Crippen molar-refractivity contribution >= 4 is 43.0 Å². The van der Waals surface area contributed by atoms with Crippen LogP contribution in [0.15, 0.2) is 85.5 Å². The number of hydrogen-bond donors (Lipinski definition) is 3. The van der Waals surface area contributed by atoms with Gasteiger partial charge in [0, 0.05) is 40.2 Å². The van der Waals surface area contributed by atoms with Crippen molar-refractivity contribution in [2.24, 2.45) is 0 Å². The Morgan fingerprint density at radius 3 is 2.40 bits per heavy atom. The smallest absolute Gasteiger partial charge is 0.404 e. The molecule has 48 heavy (non-hydrogen) atoms. The van der Waals surface area contributed by atoms with E-state index in [0.29, 0.717) is 10.6 Å². The number of nitrogens with one attached hydrogen (secondary N) is 1. The molecule has 13 nitrogen and oxygen atoms in total. The minimum absolute atomic E-state index is 0.0441. The van der Waals surface area contributed by atoms with Crippen molar-refractivity contribution in [2.45, 2.75) is 31.7 Å². The number of carbonyl (C=O) groups excluding carboxylic acids is 3. The van der Waals surface area contributed by atoms with Crippen LogP contribution in [-0.4, -0.2) is 93.4 Å². The van der Waals surface area contributed by atoms with E-state index in [1.807, 2.05) is 61.5 Å². The van der Waals surface area contributed by atoms with Gasteiger partial charge in [0.25, 0.3) is 0 Å². The number of piperazine rings is 1. The highest BCUT2D eigenvalue weighted by molar-refractivity contribution is 7.46. The van der Waals surface area contributed by atoms with Crippen molar-refractivity contribution in [2.75, 3.05) is 38.6 Å². The van der Waals surface area contributed by atoms with Crippen LogP contribution >= 0.6 is 19.4 Å². The first-order valence-electron chi connectivity index (χ1n) is 15.2. The maximum Gasteiger partial charge on any atom is 0.524 e. The lowest BCUT2D eigenvalue weighted by Crippen LogP contribution is -2.76. The maximum atomic E-state index is 14.3. The molecule has 4 amide bonds. The molecule has 15 heteroatoms. The second-order valence-corrected chi connectivity index (χ2v) is 13.3. The summed E-state index contributed by atoms with van der Waals surface area (Å²) in [6, 6.07) is 19.5. The fourth-order valence-corrected chi connectivity index (χ4v) is 6.65. The van der Waals surface area contributed by atoms with Crippen molar-refractivity contribution < 1.29 is 33.3 Å². The van der Waals surface area contributed by atoms with Crippen molar-refractivity contribution in [3.63, 3.8) is 0 Å². The molecular formula is C33H38ClN6O7P. The van der Waals surface area contributed by atoms with Gasteiger partial charge in [0.15, 0.2) is 0 Å². The lowest BCUT2D eigenvalue weighted by molar-refractivity contribution is -0.189. The lowest BCUT2D eigenvalue weighted by atomic mass is 9.98. The fourth-order valence-electron chi connectivity index (χ4n) is 5.96. The quantitative estimate of drug-likeness (QED) is 0.202. The van der Waals surface area contributed by atoms with Gasteiger partial charge >= 0.3 is 13.9 Å². The summed E-state index contributed by atoms with van der Waals surface area (Å²) in [6.45, 7) is 4.39. The van der Waals surface area contributed by atoms with Gasteiger partial charge in [0.05, 0.1) is 23.8 Å². The first-order chi connectivity index (χ1) is 22.8. The molecule has 3 aromatic carbocycles. The van der Waals surface area contributed by atoms with Gasteiger partial charge in [-0.2, -0.15) is 0 Å². The maximum absolute atomic E-state index is 14.3. The van der Waals surface area contributed by atoms with E-state index >= 15 is 0 Å². The first kappa shape index (κ1) is 34.9. The van der Waals surface area contributed by atoms with Crippen LogP contribution in [0.5, 0.6) is 5.75 Å². The third kappa shape index (κ3) is 8.18. The summed E-state index contributed by atoms with van der Waals surface area (Å²) < 4.78 is 16.0. The van der Waals surface area contributed by atoms with E-state index in [4.69, 9.17) is 11.6 Å². The summed E-state index contributed by atoms with van der Waals surface area (Å²) in [7, 11) is -1.02. The van der Waals surface area contributed by atoms with E-state index in [1.54, 1.807) is 34.2 Å². The zero-order valence-corrected chi connectivity index (χ0v) is 28.3. The number of phosphoric acid groups is 1. The number of amides is 4. The van der Waals surface area contributed by atoms with Crippen LogP contribution in [-0.2, 0) is 33.7 Å². The molecule has 2 aliphatic rings. The molecule has 5 rings (SSSR count). The van der Waals surface area contributed by atoms with Crippen LogP contribution in [0.3, 0.4) is 0 Å². The molecular weight excluding hydrogens is 659 g/mol. The zero-order chi connectivity index (χ0) is 34.6. The van der Waals surface area contributed by atoms with Gasteiger partial charge in [-0.15, -0.1) is 6.58 Å². The summed E-state index contributed by atoms with van der Waals surface area (Å²) >= 11 is 6.42. The highest BCUT2D eigenvalue weighted by Gasteiger charge is 2.51. The number of hydrazine groups is 1. The number of carbonyl (C=O) groups is 3. The first-order valence-corrected chi connectivity index (χ1v) is 17.1. The Kier molecular flexibility index (Phi) is 10.8. The Bertz CT molecular complexity index is 1700. The Morgan fingerprint density at radius 1 is 1.06 bits per heavy atom. The van der Waals surface area contributed by atoms with Gasteiger partial charge in [-0.1, -0.05) is 66.2 Å². The number of phosphoric ester groups is 1. The number of halogens is 1. The molecule has 0 saturated carbocycles. The van der Waals surface area contributed by atoms with Crippen LogP contribution in [0.4, 0.5) is 10.5 Å². The van der Waals surface area contributed by atoms with Gasteiger partial charge in [0.1, 0.15) is 18.0 Å². The van der Waals surface area contributed by atoms with Crippen LogP contribution in [0.1, 0.15) is 16.7 Å². The highest BCUT2D eigenvalue weighted by atomic mass is 35.5. The van der Waals surface area contributed by atoms with Crippen molar-refractivity contribution in [1.29, 1.82) is 0 Å². The lowest BCUT2D eigenvalue weighted by Gasteiger charge is -2.55. The number of anilines is 1. The Hall–Kier alpha value is -4.39. The predicted octanol–water partition coefficient (Wildman–Crippen LogP) is 3.61. The number of urea groups is 1. The Labute approximate surface area is 284 Å². The number of fused-ring (bicyclic) bond motifs is 1. The molecule has 2 saturated heterocycles. The van der Waals surface area contributed by atoms with E-state index in [9.17, 15) is 28.7 Å². The van der Waals surface area contributed by atoms with Crippen molar-refractivity contribution in [1.82, 2.24) is 25.1 Å². The van der Waals surface area contributed by atoms with Gasteiger partial charge in [-0.25, -0.2) is 19.4 Å². The topological polar surface area (TPSA) is 146 Å². The normalized spacial score (nSPS) is 18.4. The third-order valence-electron chi connectivity index (χ3n) is 8.11. The Morgan fingerprint density at radius 2 is 1.75 bits per heavy atom. The van der Waals surface area contributed by atoms with E-state index in [1.165, 1.54) is 22.0 Å². The number of benzene rings is 3. The van der Waals surface area contributed by atoms with Crippen LogP contribution in [0, 0.1) is 0 Å². The zero-order valence-electron chi connectivity index (χ0n) is 26.6. The highest BCUT2D eigenvalue weighted by Crippen LogP contribution is 2.38. The molecule has 0 aliphatic carbocycles. The second kappa shape index (κ2) is 14.8. The van der Waals surface area contributed by atoms with Crippen LogP contribution in [0.25, 0.3) is 0 Å². The van der Waals surface area contributed by atoms with E-state index in [0.717, 1.165) is 16.8 Å². The molecule has 2 atom stereocenters. The molecule has 254 valence electrons. The monoisotopic (exact) mass is 696 g/mol. The standard InChI is InChI=1S/C33H38ClN6O7P/c1-4-16-38-22-31(41)39-29(17-23-10-13-26(14-11-23)47-48(44,45)46)32(42)37(20-25-12-15-27(34)28(18-25)36(2)3)21-30(39)40(38)33(43)35-19-24-8-6-5-7-9-24/h4-15,18,29-30H,1,16-17,19-22H2,2-3H3,(H,35,43)(H2,44,45,46)/t29-,30+/m1/s1. The number of hydrogen-bond acceptors (Lipinski definition) is 7. The van der Waals surface area contributed by atoms with Crippen molar-refractivity contribution in [3.8, 4) is 5.75 Å². The van der Waals surface area contributed by atoms with Crippen molar-refractivity contribution in [3.05, 3.63) is 107 Å². The average molecular weight is 697 g/mol. The molecule has 3 aromatic rings. The van der Waals surface area contributed by atoms with Crippen LogP contribution in [0.2, 0.25) is 5.02 Å². The predicted molar refractivity (Wildman–Crippen MR) is 181 cm³/mol.